The molecule has 172 valence electrons. The van der Waals surface area contributed by atoms with Gasteiger partial charge in [-0.05, 0) is 102 Å². The number of piperidine rings is 1. The minimum Gasteiger partial charge on any atom is -0.491 e. The molecule has 2 unspecified atom stereocenters. The summed E-state index contributed by atoms with van der Waals surface area (Å²) in [6.45, 7) is 10.1. The molecule has 6 heteroatoms. The molecule has 1 heterocycles. The Kier molecular flexibility index (Phi) is 7.78. The van der Waals surface area contributed by atoms with Gasteiger partial charge in [0.15, 0.2) is 6.61 Å². The van der Waals surface area contributed by atoms with Crippen LogP contribution >= 0.6 is 0 Å². The van der Waals surface area contributed by atoms with E-state index in [0.29, 0.717) is 11.3 Å². The van der Waals surface area contributed by atoms with Crippen molar-refractivity contribution >= 4 is 17.5 Å². The lowest BCUT2D eigenvalue weighted by Crippen LogP contribution is -2.49. The van der Waals surface area contributed by atoms with Crippen molar-refractivity contribution in [3.63, 3.8) is 0 Å². The Morgan fingerprint density at radius 1 is 1.03 bits per heavy atom. The first kappa shape index (κ1) is 23.6. The maximum atomic E-state index is 12.6. The molecule has 2 atom stereocenters. The fourth-order valence-electron chi connectivity index (χ4n) is 4.15. The SMILES string of the molecule is Cc1cc(OC(C)C)ccc1NC(=O)c1ccc(OCC(=O)N2C(C)CCCC2C)cc1. The third kappa shape index (κ3) is 6.02. The van der Waals surface area contributed by atoms with Crippen molar-refractivity contribution in [2.45, 2.75) is 72.1 Å². The summed E-state index contributed by atoms with van der Waals surface area (Å²) in [5.74, 6) is 1.15. The molecule has 1 fully saturated rings. The molecule has 3 rings (SSSR count). The number of rotatable bonds is 7. The maximum absolute atomic E-state index is 12.6. The highest BCUT2D eigenvalue weighted by Crippen LogP contribution is 2.24. The minimum atomic E-state index is -0.204. The van der Waals surface area contributed by atoms with Crippen molar-refractivity contribution in [1.82, 2.24) is 4.90 Å². The quantitative estimate of drug-likeness (QED) is 0.645. The molecular formula is C26H34N2O4. The van der Waals surface area contributed by atoms with E-state index in [-0.39, 0.29) is 36.6 Å². The van der Waals surface area contributed by atoms with Crippen LogP contribution in [0.3, 0.4) is 0 Å². The van der Waals surface area contributed by atoms with Gasteiger partial charge in [0, 0.05) is 23.3 Å². The fourth-order valence-corrected chi connectivity index (χ4v) is 4.15. The molecule has 6 nitrogen and oxygen atoms in total. The van der Waals surface area contributed by atoms with Gasteiger partial charge < -0.3 is 19.7 Å². The second-order valence-electron chi connectivity index (χ2n) is 8.84. The van der Waals surface area contributed by atoms with E-state index in [2.05, 4.69) is 19.2 Å². The molecule has 0 aliphatic carbocycles. The van der Waals surface area contributed by atoms with Gasteiger partial charge in [-0.3, -0.25) is 9.59 Å². The second kappa shape index (κ2) is 10.5. The molecule has 0 radical (unpaired) electrons. The van der Waals surface area contributed by atoms with E-state index in [0.717, 1.165) is 36.3 Å². The van der Waals surface area contributed by atoms with E-state index in [1.54, 1.807) is 24.3 Å². The molecule has 0 aromatic heterocycles. The largest absolute Gasteiger partial charge is 0.491 e. The Balaban J connectivity index is 1.56. The number of hydrogen-bond donors (Lipinski definition) is 1. The van der Waals surface area contributed by atoms with E-state index in [1.165, 1.54) is 0 Å². The molecule has 1 saturated heterocycles. The first-order valence-electron chi connectivity index (χ1n) is 11.4. The summed E-state index contributed by atoms with van der Waals surface area (Å²) in [6.07, 6.45) is 3.32. The molecule has 0 bridgehead atoms. The van der Waals surface area contributed by atoms with Gasteiger partial charge in [0.1, 0.15) is 11.5 Å². The number of benzene rings is 2. The van der Waals surface area contributed by atoms with Crippen LogP contribution in [0.2, 0.25) is 0 Å². The van der Waals surface area contributed by atoms with Crippen LogP contribution in [0.15, 0.2) is 42.5 Å². The number of nitrogens with zero attached hydrogens (tertiary/aromatic N) is 1. The Hall–Kier alpha value is -3.02. The number of anilines is 1. The first-order chi connectivity index (χ1) is 15.2. The smallest absolute Gasteiger partial charge is 0.260 e. The lowest BCUT2D eigenvalue weighted by atomic mass is 9.97. The molecule has 1 aliphatic rings. The lowest BCUT2D eigenvalue weighted by molar-refractivity contribution is -0.139. The molecule has 1 N–H and O–H groups in total. The van der Waals surface area contributed by atoms with Gasteiger partial charge in [-0.15, -0.1) is 0 Å². The minimum absolute atomic E-state index is 0.00418. The van der Waals surface area contributed by atoms with Gasteiger partial charge in [0.2, 0.25) is 0 Å². The number of likely N-dealkylation sites (tertiary alicyclic amines) is 1. The van der Waals surface area contributed by atoms with Crippen molar-refractivity contribution < 1.29 is 19.1 Å². The predicted molar refractivity (Wildman–Crippen MR) is 126 cm³/mol. The van der Waals surface area contributed by atoms with Gasteiger partial charge in [-0.1, -0.05) is 0 Å². The summed E-state index contributed by atoms with van der Waals surface area (Å²) >= 11 is 0. The molecule has 2 amide bonds. The van der Waals surface area contributed by atoms with Crippen LogP contribution in [0.25, 0.3) is 0 Å². The standard InChI is InChI=1S/C26H34N2O4/c1-17(2)32-23-13-14-24(18(3)15-23)27-26(30)21-9-11-22(12-10-21)31-16-25(29)28-19(4)7-6-8-20(28)5/h9-15,17,19-20H,6-8,16H2,1-5H3,(H,27,30). The third-order valence-electron chi connectivity index (χ3n) is 5.78. The molecule has 1 aliphatic heterocycles. The van der Waals surface area contributed by atoms with Crippen LogP contribution in [0.1, 0.15) is 62.9 Å². The van der Waals surface area contributed by atoms with Crippen molar-refractivity contribution in [2.75, 3.05) is 11.9 Å². The van der Waals surface area contributed by atoms with Crippen LogP contribution in [-0.2, 0) is 4.79 Å². The summed E-state index contributed by atoms with van der Waals surface area (Å²) in [7, 11) is 0. The number of hydrogen-bond acceptors (Lipinski definition) is 4. The van der Waals surface area contributed by atoms with E-state index < -0.39 is 0 Å². The Bertz CT molecular complexity index is 929. The summed E-state index contributed by atoms with van der Waals surface area (Å²) < 4.78 is 11.4. The molecule has 0 spiro atoms. The van der Waals surface area contributed by atoms with Crippen molar-refractivity contribution in [1.29, 1.82) is 0 Å². The van der Waals surface area contributed by atoms with Gasteiger partial charge >= 0.3 is 0 Å². The normalized spacial score (nSPS) is 18.4. The number of nitrogens with one attached hydrogen (secondary N) is 1. The number of carbonyl (C=O) groups excluding carboxylic acids is 2. The highest BCUT2D eigenvalue weighted by Gasteiger charge is 2.29. The van der Waals surface area contributed by atoms with Gasteiger partial charge in [-0.25, -0.2) is 0 Å². The van der Waals surface area contributed by atoms with E-state index >= 15 is 0 Å². The zero-order chi connectivity index (χ0) is 23.3. The van der Waals surface area contributed by atoms with Crippen molar-refractivity contribution in [2.24, 2.45) is 0 Å². The summed E-state index contributed by atoms with van der Waals surface area (Å²) in [5, 5.41) is 2.93. The number of amides is 2. The Morgan fingerprint density at radius 3 is 2.25 bits per heavy atom. The van der Waals surface area contributed by atoms with E-state index in [4.69, 9.17) is 9.47 Å². The van der Waals surface area contributed by atoms with Gasteiger partial charge in [-0.2, -0.15) is 0 Å². The van der Waals surface area contributed by atoms with Crippen molar-refractivity contribution in [3.8, 4) is 11.5 Å². The molecule has 0 saturated carbocycles. The molecule has 32 heavy (non-hydrogen) atoms. The fraction of sp³-hybridized carbons (Fsp3) is 0.462. The topological polar surface area (TPSA) is 67.9 Å². The van der Waals surface area contributed by atoms with Crippen molar-refractivity contribution in [3.05, 3.63) is 53.6 Å². The number of carbonyl (C=O) groups is 2. The lowest BCUT2D eigenvalue weighted by Gasteiger charge is -2.38. The molecule has 2 aromatic carbocycles. The average Bonchev–Trinajstić information content (AvgIpc) is 2.74. The number of ether oxygens (including phenoxy) is 2. The molecular weight excluding hydrogens is 404 g/mol. The zero-order valence-electron chi connectivity index (χ0n) is 19.7. The zero-order valence-corrected chi connectivity index (χ0v) is 19.7. The van der Waals surface area contributed by atoms with Crippen LogP contribution in [0.4, 0.5) is 5.69 Å². The maximum Gasteiger partial charge on any atom is 0.260 e. The van der Waals surface area contributed by atoms with E-state index in [1.807, 2.05) is 43.9 Å². The third-order valence-corrected chi connectivity index (χ3v) is 5.78. The highest BCUT2D eigenvalue weighted by molar-refractivity contribution is 6.04. The predicted octanol–water partition coefficient (Wildman–Crippen LogP) is 5.20. The van der Waals surface area contributed by atoms with E-state index in [9.17, 15) is 9.59 Å². The van der Waals surface area contributed by atoms with Gasteiger partial charge in [0.05, 0.1) is 6.10 Å². The summed E-state index contributed by atoms with van der Waals surface area (Å²) in [5.41, 5.74) is 2.18. The first-order valence-corrected chi connectivity index (χ1v) is 11.4. The summed E-state index contributed by atoms with van der Waals surface area (Å²) in [6, 6.07) is 12.9. The summed E-state index contributed by atoms with van der Waals surface area (Å²) in [4.78, 5) is 27.2. The van der Waals surface area contributed by atoms with Crippen LogP contribution in [0, 0.1) is 6.92 Å². The van der Waals surface area contributed by atoms with Gasteiger partial charge in [0.25, 0.3) is 11.8 Å². The second-order valence-corrected chi connectivity index (χ2v) is 8.84. The monoisotopic (exact) mass is 438 g/mol. The average molecular weight is 439 g/mol. The highest BCUT2D eigenvalue weighted by atomic mass is 16.5. The van der Waals surface area contributed by atoms with Crippen LogP contribution < -0.4 is 14.8 Å². The number of aryl methyl sites for hydroxylation is 1. The van der Waals surface area contributed by atoms with Crippen LogP contribution in [-0.4, -0.2) is 41.5 Å². The van der Waals surface area contributed by atoms with Crippen LogP contribution in [0.5, 0.6) is 11.5 Å². The molecule has 2 aromatic rings. The Labute approximate surface area is 190 Å². The Morgan fingerprint density at radius 2 is 1.66 bits per heavy atom.